The normalized spacial score (nSPS) is 16.8. The Morgan fingerprint density at radius 2 is 1.62 bits per heavy atom. The number of hydrogen-bond acceptors (Lipinski definition) is 6. The van der Waals surface area contributed by atoms with Gasteiger partial charge in [0.25, 0.3) is 0 Å². The van der Waals surface area contributed by atoms with Crippen molar-refractivity contribution in [2.75, 3.05) is 6.61 Å². The largest absolute Gasteiger partial charge is 0.491 e. The van der Waals surface area contributed by atoms with Gasteiger partial charge in [0.05, 0.1) is 12.0 Å². The Kier molecular flexibility index (Phi) is 8.15. The summed E-state index contributed by atoms with van der Waals surface area (Å²) in [5.41, 5.74) is 3.24. The number of carbonyl (C=O) groups is 3. The lowest BCUT2D eigenvalue weighted by Gasteiger charge is -2.27. The molecule has 0 saturated carbocycles. The molecule has 37 heavy (non-hydrogen) atoms. The number of hydrogen-bond donors (Lipinski definition) is 4. The van der Waals surface area contributed by atoms with E-state index >= 15 is 0 Å². The molecule has 0 aliphatic carbocycles. The van der Waals surface area contributed by atoms with Crippen molar-refractivity contribution in [1.82, 2.24) is 10.6 Å². The maximum absolute atomic E-state index is 12.0. The first-order valence-electron chi connectivity index (χ1n) is 11.8. The molecule has 2 atom stereocenters. The van der Waals surface area contributed by atoms with Gasteiger partial charge in [-0.15, -0.1) is 0 Å². The van der Waals surface area contributed by atoms with Crippen LogP contribution in [0.1, 0.15) is 24.0 Å². The highest BCUT2D eigenvalue weighted by Gasteiger charge is 2.31. The van der Waals surface area contributed by atoms with Crippen LogP contribution in [-0.4, -0.2) is 41.6 Å². The smallest absolute Gasteiger partial charge is 0.413 e. The second-order valence-corrected chi connectivity index (χ2v) is 8.71. The van der Waals surface area contributed by atoms with Crippen molar-refractivity contribution in [1.29, 1.82) is 5.41 Å². The third-order valence-electron chi connectivity index (χ3n) is 5.97. The number of carboxylic acids is 1. The summed E-state index contributed by atoms with van der Waals surface area (Å²) in [5, 5.41) is 22.5. The standard InChI is InChI=1S/C28H27N3O6/c29-26(31-28(35)37-16-18-4-2-1-3-5-18)21-8-6-19(7-9-21)20-10-12-24(13-11-20)36-17-23-14-22(27(33)34)15-25(32)30-23/h1-13,22-23H,14-17H2,(H,30,32)(H,33,34)(H2,29,31,35)/t22-,23-/m0/s1. The zero-order chi connectivity index (χ0) is 26.2. The number of alkyl carbamates (subject to hydrolysis) is 1. The van der Waals surface area contributed by atoms with E-state index in [1.165, 1.54) is 0 Å². The third kappa shape index (κ3) is 7.17. The van der Waals surface area contributed by atoms with Gasteiger partial charge in [-0.25, -0.2) is 4.79 Å². The van der Waals surface area contributed by atoms with Gasteiger partial charge in [-0.2, -0.15) is 0 Å². The van der Waals surface area contributed by atoms with Crippen LogP contribution in [0.3, 0.4) is 0 Å². The van der Waals surface area contributed by atoms with Gasteiger partial charge in [0.2, 0.25) is 5.91 Å². The fraction of sp³-hybridized carbons (Fsp3) is 0.214. The molecule has 4 rings (SSSR count). The fourth-order valence-corrected chi connectivity index (χ4v) is 4.00. The molecule has 190 valence electrons. The number of piperidine rings is 1. The van der Waals surface area contributed by atoms with E-state index in [1.807, 2.05) is 54.6 Å². The molecule has 1 fully saturated rings. The molecule has 9 heteroatoms. The van der Waals surface area contributed by atoms with Crippen LogP contribution in [0, 0.1) is 11.3 Å². The van der Waals surface area contributed by atoms with Crippen LogP contribution in [0.15, 0.2) is 78.9 Å². The molecule has 1 saturated heterocycles. The van der Waals surface area contributed by atoms with Gasteiger partial charge in [0, 0.05) is 12.0 Å². The first-order chi connectivity index (χ1) is 17.9. The average molecular weight is 502 g/mol. The van der Waals surface area contributed by atoms with Crippen molar-refractivity contribution in [2.24, 2.45) is 5.92 Å². The predicted molar refractivity (Wildman–Crippen MR) is 136 cm³/mol. The molecule has 2 amide bonds. The summed E-state index contributed by atoms with van der Waals surface area (Å²) in [7, 11) is 0. The van der Waals surface area contributed by atoms with Crippen molar-refractivity contribution < 1.29 is 29.0 Å². The van der Waals surface area contributed by atoms with E-state index in [0.717, 1.165) is 16.7 Å². The average Bonchev–Trinajstić information content (AvgIpc) is 2.91. The Hall–Kier alpha value is -4.66. The lowest BCUT2D eigenvalue weighted by Crippen LogP contribution is -2.47. The summed E-state index contributed by atoms with van der Waals surface area (Å²) in [6.45, 7) is 0.309. The molecule has 0 unspecified atom stereocenters. The minimum atomic E-state index is -0.968. The maximum atomic E-state index is 12.0. The van der Waals surface area contributed by atoms with Gasteiger partial charge >= 0.3 is 12.1 Å². The highest BCUT2D eigenvalue weighted by Crippen LogP contribution is 2.24. The van der Waals surface area contributed by atoms with Gasteiger partial charge < -0.3 is 19.9 Å². The van der Waals surface area contributed by atoms with Crippen molar-refractivity contribution in [3.63, 3.8) is 0 Å². The molecule has 0 spiro atoms. The van der Waals surface area contributed by atoms with Crippen molar-refractivity contribution in [3.8, 4) is 16.9 Å². The number of benzene rings is 3. The SMILES string of the molecule is N=C(NC(=O)OCc1ccccc1)c1ccc(-c2ccc(OC[C@@H]3C[C@H](C(=O)O)CC(=O)N3)cc2)cc1. The van der Waals surface area contributed by atoms with Crippen molar-refractivity contribution >= 4 is 23.8 Å². The number of amidine groups is 1. The molecule has 4 N–H and O–H groups in total. The van der Waals surface area contributed by atoms with E-state index in [1.54, 1.807) is 24.3 Å². The second-order valence-electron chi connectivity index (χ2n) is 8.71. The van der Waals surface area contributed by atoms with E-state index in [4.69, 9.17) is 14.9 Å². The molecule has 0 radical (unpaired) electrons. The zero-order valence-electron chi connectivity index (χ0n) is 20.0. The maximum Gasteiger partial charge on any atom is 0.413 e. The Morgan fingerprint density at radius 3 is 2.27 bits per heavy atom. The first-order valence-corrected chi connectivity index (χ1v) is 11.8. The molecule has 1 aliphatic rings. The van der Waals surface area contributed by atoms with Gasteiger partial charge in [0.1, 0.15) is 24.8 Å². The molecule has 9 nitrogen and oxygen atoms in total. The van der Waals surface area contributed by atoms with E-state index in [-0.39, 0.29) is 37.4 Å². The summed E-state index contributed by atoms with van der Waals surface area (Å²) in [4.78, 5) is 35.0. The molecule has 3 aromatic rings. The number of nitrogens with one attached hydrogen (secondary N) is 3. The number of carboxylic acid groups (broad SMARTS) is 1. The van der Waals surface area contributed by atoms with E-state index in [9.17, 15) is 19.5 Å². The molecule has 1 heterocycles. The number of carbonyl (C=O) groups excluding carboxylic acids is 2. The Balaban J connectivity index is 1.27. The lowest BCUT2D eigenvalue weighted by atomic mass is 9.92. The van der Waals surface area contributed by atoms with Crippen LogP contribution in [0.5, 0.6) is 5.75 Å². The van der Waals surface area contributed by atoms with Gasteiger partial charge in [-0.05, 0) is 35.2 Å². The van der Waals surface area contributed by atoms with Crippen LogP contribution in [0.25, 0.3) is 11.1 Å². The third-order valence-corrected chi connectivity index (χ3v) is 5.97. The molecule has 3 aromatic carbocycles. The molecule has 0 bridgehead atoms. The monoisotopic (exact) mass is 501 g/mol. The number of rotatable bonds is 8. The predicted octanol–water partition coefficient (Wildman–Crippen LogP) is 3.96. The van der Waals surface area contributed by atoms with Gasteiger partial charge in [-0.3, -0.25) is 20.3 Å². The second kappa shape index (κ2) is 11.9. The zero-order valence-corrected chi connectivity index (χ0v) is 20.0. The molecule has 1 aliphatic heterocycles. The number of ether oxygens (including phenoxy) is 2. The molecular formula is C28H27N3O6. The van der Waals surface area contributed by atoms with Gasteiger partial charge in [0.15, 0.2) is 0 Å². The number of amides is 2. The summed E-state index contributed by atoms with van der Waals surface area (Å²) in [5.74, 6) is -1.40. The fourth-order valence-electron chi connectivity index (χ4n) is 4.00. The highest BCUT2D eigenvalue weighted by atomic mass is 16.5. The van der Waals surface area contributed by atoms with Crippen LogP contribution in [0.4, 0.5) is 4.79 Å². The van der Waals surface area contributed by atoms with Crippen LogP contribution in [0.2, 0.25) is 0 Å². The first kappa shape index (κ1) is 25.4. The summed E-state index contributed by atoms with van der Waals surface area (Å²) in [6.07, 6.45) is -0.368. The minimum Gasteiger partial charge on any atom is -0.491 e. The van der Waals surface area contributed by atoms with Crippen LogP contribution < -0.4 is 15.4 Å². The van der Waals surface area contributed by atoms with E-state index in [2.05, 4.69) is 10.6 Å². The van der Waals surface area contributed by atoms with Crippen molar-refractivity contribution in [2.45, 2.75) is 25.5 Å². The van der Waals surface area contributed by atoms with E-state index < -0.39 is 18.0 Å². The van der Waals surface area contributed by atoms with Crippen LogP contribution in [-0.2, 0) is 20.9 Å². The summed E-state index contributed by atoms with van der Waals surface area (Å²) >= 11 is 0. The van der Waals surface area contributed by atoms with E-state index in [0.29, 0.717) is 17.7 Å². The summed E-state index contributed by atoms with van der Waals surface area (Å²) < 4.78 is 10.9. The Labute approximate surface area is 213 Å². The molecular weight excluding hydrogens is 474 g/mol. The Morgan fingerprint density at radius 1 is 0.973 bits per heavy atom. The van der Waals surface area contributed by atoms with Crippen molar-refractivity contribution in [3.05, 3.63) is 90.0 Å². The summed E-state index contributed by atoms with van der Waals surface area (Å²) in [6, 6.07) is 23.5. The highest BCUT2D eigenvalue weighted by molar-refractivity contribution is 6.04. The Bertz CT molecular complexity index is 1260. The quantitative estimate of drug-likeness (QED) is 0.272. The lowest BCUT2D eigenvalue weighted by molar-refractivity contribution is -0.146. The van der Waals surface area contributed by atoms with Crippen LogP contribution >= 0.6 is 0 Å². The molecule has 0 aromatic heterocycles. The minimum absolute atomic E-state index is 0.00675. The van der Waals surface area contributed by atoms with Gasteiger partial charge in [-0.1, -0.05) is 66.7 Å². The number of aliphatic carboxylic acids is 1. The topological polar surface area (TPSA) is 138 Å².